The van der Waals surface area contributed by atoms with E-state index in [4.69, 9.17) is 9.47 Å². The summed E-state index contributed by atoms with van der Waals surface area (Å²) in [6, 6.07) is 20.1. The largest absolute Gasteiger partial charge is 0.497 e. The Morgan fingerprint density at radius 3 is 2.28 bits per heavy atom. The molecule has 0 bridgehead atoms. The third-order valence-electron chi connectivity index (χ3n) is 4.29. The van der Waals surface area contributed by atoms with E-state index in [1.54, 1.807) is 67.8 Å². The first-order valence-electron chi connectivity index (χ1n) is 9.62. The number of carbonyl (C=O) groups excluding carboxylic acids is 3. The van der Waals surface area contributed by atoms with Gasteiger partial charge in [-0.1, -0.05) is 29.8 Å². The maximum Gasteiger partial charge on any atom is 0.343 e. The lowest BCUT2D eigenvalue weighted by molar-refractivity contribution is -0.136. The number of rotatable bonds is 6. The summed E-state index contributed by atoms with van der Waals surface area (Å²) in [6.45, 7) is 1.92. The average Bonchev–Trinajstić information content (AvgIpc) is 2.80. The van der Waals surface area contributed by atoms with Crippen LogP contribution < -0.4 is 20.2 Å². The van der Waals surface area contributed by atoms with Crippen LogP contribution in [-0.4, -0.2) is 31.1 Å². The Labute approximate surface area is 184 Å². The van der Waals surface area contributed by atoms with Gasteiger partial charge in [0.05, 0.1) is 18.9 Å². The van der Waals surface area contributed by atoms with Gasteiger partial charge in [0, 0.05) is 5.69 Å². The third kappa shape index (κ3) is 6.27. The van der Waals surface area contributed by atoms with Crippen molar-refractivity contribution in [3.05, 3.63) is 89.5 Å². The standard InChI is InChI=1S/C24H21N3O5/c1-16-6-10-19(11-7-16)26-22(28)23(29)27-25-15-17-4-3-5-21(14-17)32-24(30)18-8-12-20(31-2)13-9-18/h3-15H,1-2H3,(H,26,28)(H,27,29). The van der Waals surface area contributed by atoms with E-state index in [1.807, 2.05) is 19.1 Å². The van der Waals surface area contributed by atoms with Gasteiger partial charge in [0.15, 0.2) is 0 Å². The molecule has 2 N–H and O–H groups in total. The van der Waals surface area contributed by atoms with E-state index in [0.717, 1.165) is 5.56 Å². The number of hydrazone groups is 1. The summed E-state index contributed by atoms with van der Waals surface area (Å²) in [6.07, 6.45) is 1.34. The van der Waals surface area contributed by atoms with Crippen molar-refractivity contribution in [2.45, 2.75) is 6.92 Å². The molecule has 0 aliphatic rings. The number of carbonyl (C=O) groups is 3. The predicted molar refractivity (Wildman–Crippen MR) is 120 cm³/mol. The first-order valence-corrected chi connectivity index (χ1v) is 9.62. The zero-order chi connectivity index (χ0) is 22.9. The topological polar surface area (TPSA) is 106 Å². The predicted octanol–water partition coefficient (Wildman–Crippen LogP) is 3.31. The van der Waals surface area contributed by atoms with Crippen molar-refractivity contribution < 1.29 is 23.9 Å². The number of nitrogens with one attached hydrogen (secondary N) is 2. The van der Waals surface area contributed by atoms with Crippen LogP contribution >= 0.6 is 0 Å². The van der Waals surface area contributed by atoms with E-state index in [0.29, 0.717) is 28.3 Å². The Bertz CT molecular complexity index is 1140. The Morgan fingerprint density at radius 2 is 1.59 bits per heavy atom. The molecular weight excluding hydrogens is 410 g/mol. The molecule has 3 aromatic carbocycles. The van der Waals surface area contributed by atoms with E-state index in [1.165, 1.54) is 6.21 Å². The van der Waals surface area contributed by atoms with Crippen molar-refractivity contribution in [1.29, 1.82) is 0 Å². The zero-order valence-electron chi connectivity index (χ0n) is 17.5. The van der Waals surface area contributed by atoms with E-state index >= 15 is 0 Å². The first-order chi connectivity index (χ1) is 15.4. The number of hydrogen-bond acceptors (Lipinski definition) is 6. The number of nitrogens with zero attached hydrogens (tertiary/aromatic N) is 1. The number of methoxy groups -OCH3 is 1. The molecule has 0 aliphatic heterocycles. The number of ether oxygens (including phenoxy) is 2. The SMILES string of the molecule is COc1ccc(C(=O)Oc2cccc(C=NNC(=O)C(=O)Nc3ccc(C)cc3)c2)cc1. The fourth-order valence-electron chi connectivity index (χ4n) is 2.59. The van der Waals surface area contributed by atoms with Gasteiger partial charge in [-0.25, -0.2) is 10.2 Å². The molecule has 8 heteroatoms. The maximum atomic E-state index is 12.3. The number of esters is 1. The summed E-state index contributed by atoms with van der Waals surface area (Å²) in [5, 5.41) is 6.26. The number of benzene rings is 3. The van der Waals surface area contributed by atoms with Gasteiger partial charge in [0.1, 0.15) is 11.5 Å². The molecule has 32 heavy (non-hydrogen) atoms. The van der Waals surface area contributed by atoms with Crippen LogP contribution in [0.15, 0.2) is 77.9 Å². The lowest BCUT2D eigenvalue weighted by atomic mass is 10.2. The molecule has 8 nitrogen and oxygen atoms in total. The van der Waals surface area contributed by atoms with Crippen molar-refractivity contribution in [1.82, 2.24) is 5.43 Å². The molecule has 0 aromatic heterocycles. The number of anilines is 1. The summed E-state index contributed by atoms with van der Waals surface area (Å²) < 4.78 is 10.4. The van der Waals surface area contributed by atoms with Crippen LogP contribution in [0.3, 0.4) is 0 Å². The van der Waals surface area contributed by atoms with Gasteiger partial charge in [-0.3, -0.25) is 9.59 Å². The van der Waals surface area contributed by atoms with Gasteiger partial charge >= 0.3 is 17.8 Å². The summed E-state index contributed by atoms with van der Waals surface area (Å²) in [7, 11) is 1.54. The second-order valence-corrected chi connectivity index (χ2v) is 6.71. The van der Waals surface area contributed by atoms with Crippen molar-refractivity contribution in [3.8, 4) is 11.5 Å². The first kappa shape index (κ1) is 22.2. The van der Waals surface area contributed by atoms with E-state index in [-0.39, 0.29) is 0 Å². The molecule has 0 aliphatic carbocycles. The molecule has 0 fully saturated rings. The second-order valence-electron chi connectivity index (χ2n) is 6.71. The molecule has 0 saturated carbocycles. The van der Waals surface area contributed by atoms with Crippen LogP contribution in [-0.2, 0) is 9.59 Å². The summed E-state index contributed by atoms with van der Waals surface area (Å²) in [5.74, 6) is -1.34. The lowest BCUT2D eigenvalue weighted by Gasteiger charge is -2.06. The van der Waals surface area contributed by atoms with Gasteiger partial charge < -0.3 is 14.8 Å². The summed E-state index contributed by atoms with van der Waals surface area (Å²) in [4.78, 5) is 36.1. The molecule has 162 valence electrons. The Morgan fingerprint density at radius 1 is 0.875 bits per heavy atom. The Hall–Kier alpha value is -4.46. The molecule has 0 radical (unpaired) electrons. The molecule has 0 unspecified atom stereocenters. The fourth-order valence-corrected chi connectivity index (χ4v) is 2.59. The highest BCUT2D eigenvalue weighted by atomic mass is 16.5. The van der Waals surface area contributed by atoms with Gasteiger partial charge in [-0.2, -0.15) is 5.10 Å². The van der Waals surface area contributed by atoms with Crippen LogP contribution in [0.2, 0.25) is 0 Å². The minimum atomic E-state index is -0.913. The monoisotopic (exact) mass is 431 g/mol. The average molecular weight is 431 g/mol. The van der Waals surface area contributed by atoms with Crippen molar-refractivity contribution in [2.75, 3.05) is 12.4 Å². The summed E-state index contributed by atoms with van der Waals surface area (Å²) >= 11 is 0. The van der Waals surface area contributed by atoms with E-state index in [2.05, 4.69) is 15.8 Å². The van der Waals surface area contributed by atoms with Gasteiger partial charge in [-0.15, -0.1) is 0 Å². The van der Waals surface area contributed by atoms with E-state index in [9.17, 15) is 14.4 Å². The molecule has 0 heterocycles. The molecule has 3 aromatic rings. The second kappa shape index (κ2) is 10.5. The quantitative estimate of drug-likeness (QED) is 0.205. The fraction of sp³-hybridized carbons (Fsp3) is 0.0833. The Balaban J connectivity index is 1.55. The summed E-state index contributed by atoms with van der Waals surface area (Å²) in [5.41, 5.74) is 4.63. The number of amides is 2. The molecule has 3 rings (SSSR count). The minimum absolute atomic E-state index is 0.304. The third-order valence-corrected chi connectivity index (χ3v) is 4.29. The minimum Gasteiger partial charge on any atom is -0.497 e. The van der Waals surface area contributed by atoms with Crippen LogP contribution in [0.1, 0.15) is 21.5 Å². The smallest absolute Gasteiger partial charge is 0.343 e. The van der Waals surface area contributed by atoms with Gasteiger partial charge in [0.25, 0.3) is 0 Å². The lowest BCUT2D eigenvalue weighted by Crippen LogP contribution is -2.32. The normalized spacial score (nSPS) is 10.4. The van der Waals surface area contributed by atoms with E-state index < -0.39 is 17.8 Å². The van der Waals surface area contributed by atoms with Gasteiger partial charge in [-0.05, 0) is 61.0 Å². The number of hydrogen-bond donors (Lipinski definition) is 2. The molecular formula is C24H21N3O5. The highest BCUT2D eigenvalue weighted by Crippen LogP contribution is 2.16. The Kier molecular flexibility index (Phi) is 7.32. The van der Waals surface area contributed by atoms with Crippen LogP contribution in [0.5, 0.6) is 11.5 Å². The van der Waals surface area contributed by atoms with Crippen molar-refractivity contribution >= 4 is 29.7 Å². The van der Waals surface area contributed by atoms with Crippen molar-refractivity contribution in [2.24, 2.45) is 5.10 Å². The van der Waals surface area contributed by atoms with Crippen LogP contribution in [0.25, 0.3) is 0 Å². The van der Waals surface area contributed by atoms with Crippen molar-refractivity contribution in [3.63, 3.8) is 0 Å². The molecule has 2 amide bonds. The van der Waals surface area contributed by atoms with Gasteiger partial charge in [0.2, 0.25) is 0 Å². The molecule has 0 atom stereocenters. The highest BCUT2D eigenvalue weighted by molar-refractivity contribution is 6.39. The number of aryl methyl sites for hydroxylation is 1. The molecule has 0 saturated heterocycles. The highest BCUT2D eigenvalue weighted by Gasteiger charge is 2.13. The maximum absolute atomic E-state index is 12.3. The molecule has 0 spiro atoms. The van der Waals surface area contributed by atoms with Crippen LogP contribution in [0.4, 0.5) is 5.69 Å². The zero-order valence-corrected chi connectivity index (χ0v) is 17.5. The van der Waals surface area contributed by atoms with Crippen LogP contribution in [0, 0.1) is 6.92 Å².